The largest absolute Gasteiger partial charge is 0.217 e. The monoisotopic (exact) mass is 273 g/mol. The van der Waals surface area contributed by atoms with Gasteiger partial charge in [-0.25, -0.2) is 9.07 Å². The van der Waals surface area contributed by atoms with Crippen molar-refractivity contribution in [2.45, 2.75) is 18.7 Å². The molecule has 0 amide bonds. The van der Waals surface area contributed by atoms with Crippen molar-refractivity contribution in [3.05, 3.63) is 40.9 Å². The highest BCUT2D eigenvalue weighted by Gasteiger charge is 2.12. The van der Waals surface area contributed by atoms with E-state index in [1.165, 1.54) is 10.7 Å². The number of aromatic nitrogens is 3. The fourth-order valence-electron chi connectivity index (χ4n) is 1.41. The second-order valence-electron chi connectivity index (χ2n) is 3.56. The van der Waals surface area contributed by atoms with Crippen molar-refractivity contribution in [1.82, 2.24) is 15.0 Å². The quantitative estimate of drug-likeness (QED) is 0.798. The highest BCUT2D eigenvalue weighted by atomic mass is 35.5. The first kappa shape index (κ1) is 12.3. The Kier molecular flexibility index (Phi) is 3.64. The molecule has 3 nitrogen and oxygen atoms in total. The summed E-state index contributed by atoms with van der Waals surface area (Å²) in [4.78, 5) is 0. The molecule has 2 rings (SSSR count). The van der Waals surface area contributed by atoms with Crippen LogP contribution in [0.1, 0.15) is 24.4 Å². The number of benzene rings is 1. The predicted molar refractivity (Wildman–Crippen MR) is 65.2 cm³/mol. The van der Waals surface area contributed by atoms with Gasteiger partial charge in [-0.3, -0.25) is 0 Å². The van der Waals surface area contributed by atoms with Gasteiger partial charge in [0.25, 0.3) is 0 Å². The van der Waals surface area contributed by atoms with Crippen LogP contribution in [0.15, 0.2) is 24.4 Å². The average Bonchev–Trinajstić information content (AvgIpc) is 2.77. The third-order valence-corrected chi connectivity index (χ3v) is 3.11. The standard InChI is InChI=1S/C11H10Cl2FN3/c1-2-8(13)10-6-17(16-15-10)11-4-3-7(12)5-9(11)14/h3-6,8H,2H2,1H3. The summed E-state index contributed by atoms with van der Waals surface area (Å²) in [6.07, 6.45) is 2.36. The van der Waals surface area contributed by atoms with E-state index < -0.39 is 5.82 Å². The van der Waals surface area contributed by atoms with Gasteiger partial charge in [-0.1, -0.05) is 23.7 Å². The summed E-state index contributed by atoms with van der Waals surface area (Å²) in [5.74, 6) is -0.448. The van der Waals surface area contributed by atoms with Gasteiger partial charge in [-0.15, -0.1) is 16.7 Å². The van der Waals surface area contributed by atoms with E-state index in [4.69, 9.17) is 23.2 Å². The Balaban J connectivity index is 2.37. The topological polar surface area (TPSA) is 30.7 Å². The van der Waals surface area contributed by atoms with Crippen LogP contribution in [-0.4, -0.2) is 15.0 Å². The molecule has 1 unspecified atom stereocenters. The van der Waals surface area contributed by atoms with Gasteiger partial charge in [-0.05, 0) is 24.6 Å². The Hall–Kier alpha value is -1.13. The molecule has 0 spiro atoms. The molecule has 0 bridgehead atoms. The Morgan fingerprint density at radius 2 is 2.24 bits per heavy atom. The number of alkyl halides is 1. The number of rotatable bonds is 3. The molecule has 1 aromatic carbocycles. The maximum Gasteiger partial charge on any atom is 0.150 e. The van der Waals surface area contributed by atoms with Gasteiger partial charge in [0.1, 0.15) is 17.2 Å². The van der Waals surface area contributed by atoms with Crippen LogP contribution in [-0.2, 0) is 0 Å². The van der Waals surface area contributed by atoms with E-state index in [-0.39, 0.29) is 5.38 Å². The first-order chi connectivity index (χ1) is 8.11. The van der Waals surface area contributed by atoms with E-state index in [0.717, 1.165) is 6.42 Å². The summed E-state index contributed by atoms with van der Waals surface area (Å²) in [6.45, 7) is 1.94. The van der Waals surface area contributed by atoms with E-state index in [0.29, 0.717) is 16.4 Å². The van der Waals surface area contributed by atoms with Crippen LogP contribution in [0.3, 0.4) is 0 Å². The first-order valence-corrected chi connectivity index (χ1v) is 5.95. The highest BCUT2D eigenvalue weighted by molar-refractivity contribution is 6.30. The van der Waals surface area contributed by atoms with Gasteiger partial charge >= 0.3 is 0 Å². The molecule has 0 radical (unpaired) electrons. The molecule has 0 aliphatic rings. The van der Waals surface area contributed by atoms with Crippen molar-refractivity contribution >= 4 is 23.2 Å². The maximum atomic E-state index is 13.6. The molecular formula is C11H10Cl2FN3. The Morgan fingerprint density at radius 1 is 1.47 bits per heavy atom. The fourth-order valence-corrected chi connectivity index (χ4v) is 1.67. The summed E-state index contributed by atoms with van der Waals surface area (Å²) in [5.41, 5.74) is 0.927. The van der Waals surface area contributed by atoms with Gasteiger partial charge in [-0.2, -0.15) is 0 Å². The Bertz CT molecular complexity index is 527. The third-order valence-electron chi connectivity index (χ3n) is 2.35. The number of halogens is 3. The summed E-state index contributed by atoms with van der Waals surface area (Å²) >= 11 is 11.7. The molecule has 0 aliphatic carbocycles. The fraction of sp³-hybridized carbons (Fsp3) is 0.273. The van der Waals surface area contributed by atoms with E-state index in [1.807, 2.05) is 6.92 Å². The minimum absolute atomic E-state index is 0.209. The van der Waals surface area contributed by atoms with Crippen molar-refractivity contribution in [1.29, 1.82) is 0 Å². The summed E-state index contributed by atoms with van der Waals surface area (Å²) in [6, 6.07) is 4.38. The molecule has 90 valence electrons. The molecule has 0 fully saturated rings. The lowest BCUT2D eigenvalue weighted by molar-refractivity contribution is 0.607. The van der Waals surface area contributed by atoms with Gasteiger partial charge in [0.2, 0.25) is 0 Å². The van der Waals surface area contributed by atoms with Crippen molar-refractivity contribution in [3.8, 4) is 5.69 Å². The van der Waals surface area contributed by atoms with Crippen LogP contribution in [0.5, 0.6) is 0 Å². The molecule has 2 aromatic rings. The highest BCUT2D eigenvalue weighted by Crippen LogP contribution is 2.23. The Morgan fingerprint density at radius 3 is 2.88 bits per heavy atom. The van der Waals surface area contributed by atoms with Gasteiger partial charge in [0.05, 0.1) is 11.6 Å². The zero-order valence-corrected chi connectivity index (χ0v) is 10.6. The normalized spacial score (nSPS) is 12.7. The predicted octanol–water partition coefficient (Wildman–Crippen LogP) is 3.75. The smallest absolute Gasteiger partial charge is 0.150 e. The molecule has 0 saturated carbocycles. The molecule has 1 aromatic heterocycles. The van der Waals surface area contributed by atoms with Crippen LogP contribution in [0, 0.1) is 5.82 Å². The van der Waals surface area contributed by atoms with Crippen molar-refractivity contribution in [2.24, 2.45) is 0 Å². The van der Waals surface area contributed by atoms with Gasteiger partial charge < -0.3 is 0 Å². The summed E-state index contributed by atoms with van der Waals surface area (Å²) in [7, 11) is 0. The van der Waals surface area contributed by atoms with Crippen LogP contribution in [0.4, 0.5) is 4.39 Å². The van der Waals surface area contributed by atoms with Crippen LogP contribution in [0.25, 0.3) is 5.69 Å². The minimum atomic E-state index is -0.448. The molecule has 0 N–H and O–H groups in total. The van der Waals surface area contributed by atoms with Crippen LogP contribution >= 0.6 is 23.2 Å². The molecule has 6 heteroatoms. The number of hydrogen-bond acceptors (Lipinski definition) is 2. The van der Waals surface area contributed by atoms with Crippen molar-refractivity contribution in [3.63, 3.8) is 0 Å². The minimum Gasteiger partial charge on any atom is -0.217 e. The van der Waals surface area contributed by atoms with Crippen molar-refractivity contribution in [2.75, 3.05) is 0 Å². The lowest BCUT2D eigenvalue weighted by atomic mass is 10.2. The van der Waals surface area contributed by atoms with Crippen molar-refractivity contribution < 1.29 is 4.39 Å². The molecule has 1 atom stereocenters. The van der Waals surface area contributed by atoms with E-state index >= 15 is 0 Å². The van der Waals surface area contributed by atoms with Crippen LogP contribution in [0.2, 0.25) is 5.02 Å². The molecule has 0 aliphatic heterocycles. The average molecular weight is 274 g/mol. The zero-order chi connectivity index (χ0) is 12.4. The summed E-state index contributed by atoms with van der Waals surface area (Å²) < 4.78 is 15.0. The first-order valence-electron chi connectivity index (χ1n) is 5.13. The molecule has 1 heterocycles. The maximum absolute atomic E-state index is 13.6. The third kappa shape index (κ3) is 2.58. The number of nitrogens with zero attached hydrogens (tertiary/aromatic N) is 3. The molecule has 17 heavy (non-hydrogen) atoms. The van der Waals surface area contributed by atoms with E-state index in [1.54, 1.807) is 18.3 Å². The lowest BCUT2D eigenvalue weighted by Gasteiger charge is -2.02. The summed E-state index contributed by atoms with van der Waals surface area (Å²) in [5, 5.41) is 7.89. The second kappa shape index (κ2) is 5.02. The van der Waals surface area contributed by atoms with Gasteiger partial charge in [0.15, 0.2) is 0 Å². The molecular weight excluding hydrogens is 264 g/mol. The van der Waals surface area contributed by atoms with E-state index in [2.05, 4.69) is 10.3 Å². The van der Waals surface area contributed by atoms with Gasteiger partial charge in [0, 0.05) is 5.02 Å². The SMILES string of the molecule is CCC(Cl)c1cn(-c2ccc(Cl)cc2F)nn1. The Labute approximate surface area is 108 Å². The lowest BCUT2D eigenvalue weighted by Crippen LogP contribution is -1.98. The van der Waals surface area contributed by atoms with Crippen LogP contribution < -0.4 is 0 Å². The molecule has 0 saturated heterocycles. The zero-order valence-electron chi connectivity index (χ0n) is 9.07. The van der Waals surface area contributed by atoms with E-state index in [9.17, 15) is 4.39 Å². The number of hydrogen-bond donors (Lipinski definition) is 0. The second-order valence-corrected chi connectivity index (χ2v) is 4.52.